The van der Waals surface area contributed by atoms with E-state index in [0.717, 1.165) is 43.6 Å². The van der Waals surface area contributed by atoms with Crippen molar-refractivity contribution in [3.8, 4) is 0 Å². The lowest BCUT2D eigenvalue weighted by molar-refractivity contribution is -0.275. The van der Waals surface area contributed by atoms with Crippen LogP contribution in [0.25, 0.3) is 43.6 Å². The van der Waals surface area contributed by atoms with Crippen LogP contribution in [-0.4, -0.2) is 75.0 Å². The number of ether oxygens (including phenoxy) is 5. The molecule has 0 bridgehead atoms. The topological polar surface area (TPSA) is 178 Å². The summed E-state index contributed by atoms with van der Waals surface area (Å²) in [6.45, 7) is -0.327. The van der Waals surface area contributed by atoms with Crippen LogP contribution >= 0.6 is 0 Å². The molecule has 0 spiro atoms. The van der Waals surface area contributed by atoms with Gasteiger partial charge in [0, 0.05) is 68.4 Å². The quantitative estimate of drug-likeness (QED) is 0.0795. The zero-order valence-electron chi connectivity index (χ0n) is 31.1. The third-order valence-electron chi connectivity index (χ3n) is 10.5. The highest BCUT2D eigenvalue weighted by atomic mass is 16.7. The molecule has 292 valence electrons. The van der Waals surface area contributed by atoms with Crippen LogP contribution in [0.2, 0.25) is 0 Å². The second-order valence-corrected chi connectivity index (χ2v) is 14.3. The van der Waals surface area contributed by atoms with E-state index in [9.17, 15) is 19.2 Å². The molecule has 9 rings (SSSR count). The zero-order valence-corrected chi connectivity index (χ0v) is 31.1. The van der Waals surface area contributed by atoms with Gasteiger partial charge in [0.05, 0.1) is 32.3 Å². The van der Waals surface area contributed by atoms with Crippen molar-refractivity contribution in [2.24, 2.45) is 0 Å². The number of H-pyrrole nitrogens is 4. The van der Waals surface area contributed by atoms with Gasteiger partial charge < -0.3 is 43.6 Å². The van der Waals surface area contributed by atoms with Gasteiger partial charge in [0.15, 0.2) is 12.2 Å². The van der Waals surface area contributed by atoms with Gasteiger partial charge in [0.1, 0.15) is 0 Å². The van der Waals surface area contributed by atoms with Crippen LogP contribution < -0.4 is 0 Å². The zero-order chi connectivity index (χ0) is 39.6. The number of hydrogen-bond donors (Lipinski definition) is 4. The summed E-state index contributed by atoms with van der Waals surface area (Å²) in [4.78, 5) is 67.6. The van der Waals surface area contributed by atoms with Crippen LogP contribution in [0.15, 0.2) is 122 Å². The van der Waals surface area contributed by atoms with Gasteiger partial charge in [-0.3, -0.25) is 19.2 Å². The lowest BCUT2D eigenvalue weighted by atomic mass is 10.0. The van der Waals surface area contributed by atoms with E-state index in [2.05, 4.69) is 19.9 Å². The maximum absolute atomic E-state index is 13.9. The van der Waals surface area contributed by atoms with E-state index in [0.29, 0.717) is 22.3 Å². The van der Waals surface area contributed by atoms with E-state index in [4.69, 9.17) is 23.7 Å². The third kappa shape index (κ3) is 7.54. The van der Waals surface area contributed by atoms with E-state index < -0.39 is 48.5 Å². The molecule has 1 saturated heterocycles. The number of rotatable bonds is 12. The van der Waals surface area contributed by atoms with Crippen molar-refractivity contribution in [2.45, 2.75) is 50.3 Å². The largest absolute Gasteiger partial charge is 0.456 e. The van der Waals surface area contributed by atoms with Crippen LogP contribution in [0.5, 0.6) is 0 Å². The Morgan fingerprint density at radius 1 is 0.448 bits per heavy atom. The number of nitrogens with one attached hydrogen (secondary N) is 4. The van der Waals surface area contributed by atoms with E-state index in [1.807, 2.05) is 97.1 Å². The smallest absolute Gasteiger partial charge is 0.312 e. The Bertz CT molecular complexity index is 2600. The Balaban J connectivity index is 1.01. The third-order valence-corrected chi connectivity index (χ3v) is 10.5. The molecule has 0 amide bonds. The molecule has 1 aliphatic heterocycles. The van der Waals surface area contributed by atoms with Crippen molar-refractivity contribution in [1.82, 2.24) is 19.9 Å². The summed E-state index contributed by atoms with van der Waals surface area (Å²) in [5.41, 5.74) is 6.12. The molecule has 8 aromatic rings. The summed E-state index contributed by atoms with van der Waals surface area (Å²) in [6, 6.07) is 30.1. The minimum atomic E-state index is -1.52. The maximum Gasteiger partial charge on any atom is 0.312 e. The highest BCUT2D eigenvalue weighted by Gasteiger charge is 2.49. The number of aromatic amines is 4. The number of fused-ring (bicyclic) bond motifs is 4. The maximum atomic E-state index is 13.9. The number of hydrogen-bond acceptors (Lipinski definition) is 9. The molecular formula is C45H38N4O9. The summed E-state index contributed by atoms with van der Waals surface area (Å²) >= 11 is 0. The fraction of sp³-hybridized carbons (Fsp3) is 0.200. The van der Waals surface area contributed by atoms with E-state index in [1.165, 1.54) is 0 Å². The van der Waals surface area contributed by atoms with Crippen LogP contribution in [0, 0.1) is 0 Å². The van der Waals surface area contributed by atoms with Gasteiger partial charge in [-0.15, -0.1) is 0 Å². The second kappa shape index (κ2) is 15.8. The molecular weight excluding hydrogens is 741 g/mol. The standard InChI is InChI=1S/C45H38N4O9/c50-39(17-26-21-46-34-13-5-1-9-30(26)34)55-38-25-54-45(58-42(53)20-29-24-49-37-16-8-4-12-33(29)37)44(57-41(52)19-28-23-48-36-15-7-3-11-32(28)36)43(38)56-40(51)18-27-22-47-35-14-6-2-10-31(27)35/h1-16,21-24,38,43-49H,17-20,25H2/t38-,43-,44-,45+/m1/s1. The van der Waals surface area contributed by atoms with Gasteiger partial charge in [-0.25, -0.2) is 0 Å². The van der Waals surface area contributed by atoms with E-state index in [1.54, 1.807) is 24.8 Å². The second-order valence-electron chi connectivity index (χ2n) is 14.3. The molecule has 0 unspecified atom stereocenters. The minimum absolute atomic E-state index is 0.107. The van der Waals surface area contributed by atoms with Crippen LogP contribution in [0.3, 0.4) is 0 Å². The van der Waals surface area contributed by atoms with Crippen LogP contribution in [-0.2, 0) is 68.5 Å². The predicted molar refractivity (Wildman–Crippen MR) is 213 cm³/mol. The molecule has 0 saturated carbocycles. The number of para-hydroxylation sites is 4. The Labute approximate surface area is 330 Å². The van der Waals surface area contributed by atoms with Crippen molar-refractivity contribution in [3.05, 3.63) is 144 Å². The molecule has 1 aliphatic rings. The normalized spacial score (nSPS) is 18.1. The molecule has 4 atom stereocenters. The number of esters is 4. The molecule has 5 heterocycles. The molecule has 13 nitrogen and oxygen atoms in total. The van der Waals surface area contributed by atoms with Crippen molar-refractivity contribution in [3.63, 3.8) is 0 Å². The number of aromatic nitrogens is 4. The Morgan fingerprint density at radius 2 is 0.776 bits per heavy atom. The van der Waals surface area contributed by atoms with Gasteiger partial charge >= 0.3 is 23.9 Å². The lowest BCUT2D eigenvalue weighted by Crippen LogP contribution is -2.59. The van der Waals surface area contributed by atoms with Crippen molar-refractivity contribution in [1.29, 1.82) is 0 Å². The Hall–Kier alpha value is -7.12. The molecule has 58 heavy (non-hydrogen) atoms. The number of carbonyl (C=O) groups excluding carboxylic acids is 4. The summed E-state index contributed by atoms with van der Waals surface area (Å²) < 4.78 is 30.2. The van der Waals surface area contributed by atoms with Crippen molar-refractivity contribution >= 4 is 67.5 Å². The predicted octanol–water partition coefficient (Wildman–Crippen LogP) is 6.52. The summed E-state index contributed by atoms with van der Waals surface area (Å²) in [6.07, 6.45) is 0.656. The van der Waals surface area contributed by atoms with Gasteiger partial charge in [-0.2, -0.15) is 0 Å². The molecule has 0 radical (unpaired) electrons. The monoisotopic (exact) mass is 778 g/mol. The lowest BCUT2D eigenvalue weighted by Gasteiger charge is -2.40. The number of carbonyl (C=O) groups is 4. The molecule has 1 fully saturated rings. The highest BCUT2D eigenvalue weighted by molar-refractivity contribution is 5.90. The molecule has 13 heteroatoms. The molecule has 4 aromatic carbocycles. The number of benzene rings is 4. The SMILES string of the molecule is O=C(Cc1c[nH]c2ccccc12)O[C@@H]1OC[C@@H](OC(=O)Cc2c[nH]c3ccccc23)[C@@H](OC(=O)Cc2c[nH]c3ccccc23)[C@H]1OC(=O)Cc1c[nH]c2ccccc12. The van der Waals surface area contributed by atoms with Crippen LogP contribution in [0.4, 0.5) is 0 Å². The van der Waals surface area contributed by atoms with Gasteiger partial charge in [-0.05, 0) is 46.5 Å². The first-order valence-corrected chi connectivity index (χ1v) is 19.0. The average molecular weight is 779 g/mol. The van der Waals surface area contributed by atoms with Crippen LogP contribution in [0.1, 0.15) is 22.3 Å². The average Bonchev–Trinajstić information content (AvgIpc) is 4.03. The first-order valence-electron chi connectivity index (χ1n) is 19.0. The Kier molecular flexibility index (Phi) is 9.94. The van der Waals surface area contributed by atoms with Crippen molar-refractivity contribution < 1.29 is 42.9 Å². The summed E-state index contributed by atoms with van der Waals surface area (Å²) in [5, 5.41) is 3.36. The van der Waals surface area contributed by atoms with E-state index in [-0.39, 0.29) is 32.3 Å². The fourth-order valence-corrected chi connectivity index (χ4v) is 7.72. The molecule has 4 N–H and O–H groups in total. The van der Waals surface area contributed by atoms with Gasteiger partial charge in [0.25, 0.3) is 0 Å². The summed E-state index contributed by atoms with van der Waals surface area (Å²) in [5.74, 6) is -2.70. The minimum Gasteiger partial charge on any atom is -0.456 e. The first kappa shape index (κ1) is 36.5. The van der Waals surface area contributed by atoms with Gasteiger partial charge in [-0.1, -0.05) is 72.8 Å². The first-order chi connectivity index (χ1) is 28.4. The molecule has 4 aromatic heterocycles. The summed E-state index contributed by atoms with van der Waals surface area (Å²) in [7, 11) is 0. The highest BCUT2D eigenvalue weighted by Crippen LogP contribution is 2.29. The fourth-order valence-electron chi connectivity index (χ4n) is 7.72. The van der Waals surface area contributed by atoms with Crippen molar-refractivity contribution in [2.75, 3.05) is 6.61 Å². The molecule has 0 aliphatic carbocycles. The van der Waals surface area contributed by atoms with Gasteiger partial charge in [0.2, 0.25) is 12.4 Å². The van der Waals surface area contributed by atoms with E-state index >= 15 is 0 Å². The Morgan fingerprint density at radius 3 is 1.17 bits per heavy atom.